The summed E-state index contributed by atoms with van der Waals surface area (Å²) in [7, 11) is 0. The Bertz CT molecular complexity index is 1830. The molecule has 2 aliphatic heterocycles. The molecule has 4 heterocycles. The summed E-state index contributed by atoms with van der Waals surface area (Å²) in [6.07, 6.45) is 2.37. The number of anilines is 2. The highest BCUT2D eigenvalue weighted by Gasteiger charge is 2.39. The van der Waals surface area contributed by atoms with Gasteiger partial charge in [0.1, 0.15) is 23.8 Å². The first-order valence-electron chi connectivity index (χ1n) is 13.8. The van der Waals surface area contributed by atoms with Crippen LogP contribution < -0.4 is 20.7 Å². The molecule has 2 aromatic carbocycles. The molecule has 44 heavy (non-hydrogen) atoms. The van der Waals surface area contributed by atoms with Crippen molar-refractivity contribution in [3.05, 3.63) is 54.0 Å². The number of nitrogens with two attached hydrogens (primary N) is 1. The molecule has 2 aromatic heterocycles. The van der Waals surface area contributed by atoms with Crippen molar-refractivity contribution in [2.24, 2.45) is 0 Å². The molecule has 0 spiro atoms. The lowest BCUT2D eigenvalue weighted by molar-refractivity contribution is -0.128. The summed E-state index contributed by atoms with van der Waals surface area (Å²) in [5.74, 6) is -3.42. The van der Waals surface area contributed by atoms with Gasteiger partial charge in [-0.15, -0.1) is 0 Å². The van der Waals surface area contributed by atoms with Crippen LogP contribution >= 0.6 is 11.6 Å². The number of ether oxygens (including phenoxy) is 1. The van der Waals surface area contributed by atoms with Crippen molar-refractivity contribution >= 4 is 50.9 Å². The normalized spacial score (nSPS) is 19.8. The number of hydrogen-bond acceptors (Lipinski definition) is 9. The number of amides is 1. The van der Waals surface area contributed by atoms with E-state index in [1.54, 1.807) is 23.1 Å². The second-order valence-corrected chi connectivity index (χ2v) is 11.2. The average Bonchev–Trinajstić information content (AvgIpc) is 3.63. The molecule has 2 aliphatic rings. The highest BCUT2D eigenvalue weighted by Crippen LogP contribution is 2.43. The monoisotopic (exact) mass is 625 g/mol. The van der Waals surface area contributed by atoms with E-state index >= 15 is 0 Å². The van der Waals surface area contributed by atoms with E-state index in [1.165, 1.54) is 12.3 Å². The third-order valence-electron chi connectivity index (χ3n) is 7.88. The summed E-state index contributed by atoms with van der Waals surface area (Å²) in [6.45, 7) is 3.90. The van der Waals surface area contributed by atoms with Crippen molar-refractivity contribution in [1.82, 2.24) is 20.2 Å². The Morgan fingerprint density at radius 2 is 2.14 bits per heavy atom. The van der Waals surface area contributed by atoms with Crippen LogP contribution in [0.2, 0.25) is 5.02 Å². The summed E-state index contributed by atoms with van der Waals surface area (Å²) >= 11 is 6.38. The maximum absolute atomic E-state index is 14.6. The SMILES string of the molecule is C=CC(=O)N1CCN(c2nc(OC[C@@H]3CC(F)(F)CN3)nc3cc(-c4cc(N)cc(F)c4Cl)c4ccoc4c23)C[C@@H]1CC#N. The zero-order chi connectivity index (χ0) is 31.2. The number of carbonyl (C=O) groups excluding carboxylic acids is 1. The number of rotatable bonds is 7. The molecule has 0 unspecified atom stereocenters. The molecule has 0 saturated carbocycles. The molecular formula is C30H27ClF3N7O3. The van der Waals surface area contributed by atoms with E-state index in [0.717, 1.165) is 6.07 Å². The molecule has 2 saturated heterocycles. The van der Waals surface area contributed by atoms with E-state index in [2.05, 4.69) is 27.9 Å². The van der Waals surface area contributed by atoms with Crippen molar-refractivity contribution in [1.29, 1.82) is 5.26 Å². The highest BCUT2D eigenvalue weighted by atomic mass is 35.5. The molecule has 3 N–H and O–H groups in total. The zero-order valence-corrected chi connectivity index (χ0v) is 24.1. The first-order chi connectivity index (χ1) is 21.1. The van der Waals surface area contributed by atoms with Gasteiger partial charge in [-0.3, -0.25) is 4.79 Å². The average molecular weight is 626 g/mol. The van der Waals surface area contributed by atoms with Crippen LogP contribution in [0.5, 0.6) is 6.01 Å². The number of halogens is 4. The Morgan fingerprint density at radius 3 is 2.86 bits per heavy atom. The highest BCUT2D eigenvalue weighted by molar-refractivity contribution is 6.34. The van der Waals surface area contributed by atoms with Crippen LogP contribution in [0.4, 0.5) is 24.7 Å². The lowest BCUT2D eigenvalue weighted by Crippen LogP contribution is -2.55. The molecule has 1 amide bonds. The molecule has 10 nitrogen and oxygen atoms in total. The van der Waals surface area contributed by atoms with Crippen LogP contribution in [-0.4, -0.2) is 71.6 Å². The minimum Gasteiger partial charge on any atom is -0.463 e. The molecule has 2 fully saturated rings. The Hall–Kier alpha value is -4.54. The van der Waals surface area contributed by atoms with Crippen LogP contribution in [0.15, 0.2) is 47.6 Å². The summed E-state index contributed by atoms with van der Waals surface area (Å²) in [4.78, 5) is 25.3. The molecule has 4 aromatic rings. The lowest BCUT2D eigenvalue weighted by Gasteiger charge is -2.41. The van der Waals surface area contributed by atoms with E-state index in [9.17, 15) is 23.2 Å². The molecule has 6 rings (SSSR count). The van der Waals surface area contributed by atoms with E-state index in [4.69, 9.17) is 26.5 Å². The van der Waals surface area contributed by atoms with Gasteiger partial charge in [0.25, 0.3) is 5.92 Å². The smallest absolute Gasteiger partial charge is 0.319 e. The fourth-order valence-corrected chi connectivity index (χ4v) is 6.06. The van der Waals surface area contributed by atoms with Gasteiger partial charge in [0.2, 0.25) is 5.91 Å². The number of piperazine rings is 1. The fourth-order valence-electron chi connectivity index (χ4n) is 5.85. The summed E-state index contributed by atoms with van der Waals surface area (Å²) in [5, 5.41) is 13.2. The van der Waals surface area contributed by atoms with Gasteiger partial charge in [0.05, 0.1) is 47.3 Å². The van der Waals surface area contributed by atoms with Gasteiger partial charge >= 0.3 is 6.01 Å². The van der Waals surface area contributed by atoms with Crippen LogP contribution in [0.3, 0.4) is 0 Å². The first-order valence-corrected chi connectivity index (χ1v) is 14.2. The van der Waals surface area contributed by atoms with Crippen LogP contribution in [0.1, 0.15) is 12.8 Å². The Morgan fingerprint density at radius 1 is 1.32 bits per heavy atom. The number of aromatic nitrogens is 2. The minimum absolute atomic E-state index is 0.0732. The number of furan rings is 1. The van der Waals surface area contributed by atoms with E-state index < -0.39 is 30.4 Å². The lowest BCUT2D eigenvalue weighted by atomic mass is 9.98. The van der Waals surface area contributed by atoms with Gasteiger partial charge in [-0.05, 0) is 35.9 Å². The number of nitrogens with one attached hydrogen (secondary N) is 1. The topological polar surface area (TPSA) is 134 Å². The largest absolute Gasteiger partial charge is 0.463 e. The Balaban J connectivity index is 1.49. The number of carbonyl (C=O) groups is 1. The predicted molar refractivity (Wildman–Crippen MR) is 159 cm³/mol. The summed E-state index contributed by atoms with van der Waals surface area (Å²) in [5.41, 5.74) is 7.68. The minimum atomic E-state index is -2.84. The molecule has 14 heteroatoms. The van der Waals surface area contributed by atoms with Gasteiger partial charge in [0.15, 0.2) is 0 Å². The number of nitrogen functional groups attached to an aromatic ring is 1. The van der Waals surface area contributed by atoms with Crippen molar-refractivity contribution in [3.63, 3.8) is 0 Å². The van der Waals surface area contributed by atoms with Crippen molar-refractivity contribution in [2.75, 3.05) is 43.4 Å². The van der Waals surface area contributed by atoms with Gasteiger partial charge in [-0.25, -0.2) is 13.2 Å². The molecule has 0 aliphatic carbocycles. The van der Waals surface area contributed by atoms with E-state index in [-0.39, 0.29) is 55.2 Å². The number of alkyl halides is 2. The van der Waals surface area contributed by atoms with Crippen molar-refractivity contribution in [2.45, 2.75) is 30.8 Å². The maximum Gasteiger partial charge on any atom is 0.319 e. The number of fused-ring (bicyclic) bond motifs is 3. The molecular weight excluding hydrogens is 599 g/mol. The second kappa shape index (κ2) is 11.5. The van der Waals surface area contributed by atoms with Gasteiger partial charge < -0.3 is 30.0 Å². The van der Waals surface area contributed by atoms with Crippen LogP contribution in [-0.2, 0) is 4.79 Å². The third-order valence-corrected chi connectivity index (χ3v) is 8.26. The fraction of sp³-hybridized carbons (Fsp3) is 0.333. The predicted octanol–water partition coefficient (Wildman–Crippen LogP) is 4.91. The molecule has 2 atom stereocenters. The molecule has 0 radical (unpaired) electrons. The van der Waals surface area contributed by atoms with Gasteiger partial charge in [-0.1, -0.05) is 18.2 Å². The zero-order valence-electron chi connectivity index (χ0n) is 23.3. The van der Waals surface area contributed by atoms with Gasteiger partial charge in [0, 0.05) is 48.7 Å². The number of benzene rings is 2. The quantitative estimate of drug-likeness (QED) is 0.217. The number of nitriles is 1. The summed E-state index contributed by atoms with van der Waals surface area (Å²) in [6, 6.07) is 7.07. The number of nitrogens with zero attached hydrogens (tertiary/aromatic N) is 5. The van der Waals surface area contributed by atoms with Gasteiger partial charge in [-0.2, -0.15) is 15.2 Å². The van der Waals surface area contributed by atoms with Crippen molar-refractivity contribution < 1.29 is 27.1 Å². The standard InChI is InChI=1S/C30H27ClF3N7O3/c1-2-24(42)41-7-6-40(13-18(41)3-5-35)28-25-23(38-29(39-28)44-14-17-12-30(33,34)15-37-17)11-20(19-4-8-43-27(19)25)21-9-16(36)10-22(32)26(21)31/h2,4,8-11,17-18,37H,1,3,6-7,12-15,36H2/t17-,18-/m0/s1. The third kappa shape index (κ3) is 5.46. The Labute approximate surface area is 254 Å². The van der Waals surface area contributed by atoms with Crippen LogP contribution in [0, 0.1) is 17.1 Å². The molecule has 228 valence electrons. The van der Waals surface area contributed by atoms with E-state index in [0.29, 0.717) is 45.4 Å². The first kappa shape index (κ1) is 29.5. The summed E-state index contributed by atoms with van der Waals surface area (Å²) < 4.78 is 54.0. The molecule has 0 bridgehead atoms. The second-order valence-electron chi connectivity index (χ2n) is 10.8. The van der Waals surface area contributed by atoms with Crippen LogP contribution in [0.25, 0.3) is 33.0 Å². The number of hydrogen-bond donors (Lipinski definition) is 2. The van der Waals surface area contributed by atoms with Crippen molar-refractivity contribution in [3.8, 4) is 23.2 Å². The Kier molecular flexibility index (Phi) is 7.73. The maximum atomic E-state index is 14.6. The van der Waals surface area contributed by atoms with E-state index in [1.807, 2.05) is 4.90 Å².